The maximum absolute atomic E-state index is 12.5. The van der Waals surface area contributed by atoms with E-state index in [2.05, 4.69) is 20.9 Å². The molecule has 0 aliphatic heterocycles. The summed E-state index contributed by atoms with van der Waals surface area (Å²) in [7, 11) is 0. The Morgan fingerprint density at radius 1 is 1.04 bits per heavy atom. The molecule has 0 spiro atoms. The van der Waals surface area contributed by atoms with Gasteiger partial charge in [0.25, 0.3) is 5.91 Å². The Balaban J connectivity index is 1.69. The Hall–Kier alpha value is -3.19. The van der Waals surface area contributed by atoms with Crippen molar-refractivity contribution in [1.82, 2.24) is 15.0 Å². The molecule has 2 N–H and O–H groups in total. The number of nitrogens with one attached hydrogen (secondary N) is 2. The van der Waals surface area contributed by atoms with Gasteiger partial charge in [-0.1, -0.05) is 35.0 Å². The van der Waals surface area contributed by atoms with Crippen LogP contribution in [-0.4, -0.2) is 26.8 Å². The van der Waals surface area contributed by atoms with Crippen molar-refractivity contribution in [2.45, 2.75) is 27.3 Å². The van der Waals surface area contributed by atoms with Crippen LogP contribution in [0.25, 0.3) is 0 Å². The average Bonchev–Trinajstić information content (AvgIpc) is 2.98. The first kappa shape index (κ1) is 19.6. The van der Waals surface area contributed by atoms with Crippen LogP contribution in [0, 0.1) is 20.8 Å². The number of amides is 2. The molecular weight excluding hydrogens is 378 g/mol. The zero-order valence-corrected chi connectivity index (χ0v) is 16.5. The SMILES string of the molecule is Cc1cccc(NC(=O)Cn2nnc(C(=O)Nc3ccc(C)cc3Cl)c2C)c1. The third kappa shape index (κ3) is 4.55. The molecule has 144 valence electrons. The van der Waals surface area contributed by atoms with Gasteiger partial charge >= 0.3 is 0 Å². The molecule has 1 heterocycles. The fourth-order valence-corrected chi connectivity index (χ4v) is 2.97. The lowest BCUT2D eigenvalue weighted by molar-refractivity contribution is -0.117. The van der Waals surface area contributed by atoms with E-state index < -0.39 is 5.91 Å². The molecular formula is C20H20ClN5O2. The van der Waals surface area contributed by atoms with Crippen LogP contribution in [0.2, 0.25) is 5.02 Å². The average molecular weight is 398 g/mol. The fraction of sp³-hybridized carbons (Fsp3) is 0.200. The quantitative estimate of drug-likeness (QED) is 0.686. The molecule has 7 nitrogen and oxygen atoms in total. The van der Waals surface area contributed by atoms with Crippen LogP contribution < -0.4 is 10.6 Å². The van der Waals surface area contributed by atoms with Crippen molar-refractivity contribution in [3.8, 4) is 0 Å². The molecule has 0 aliphatic rings. The van der Waals surface area contributed by atoms with E-state index in [-0.39, 0.29) is 18.1 Å². The molecule has 28 heavy (non-hydrogen) atoms. The topological polar surface area (TPSA) is 88.9 Å². The fourth-order valence-electron chi connectivity index (χ4n) is 2.68. The lowest BCUT2D eigenvalue weighted by Crippen LogP contribution is -2.21. The normalized spacial score (nSPS) is 10.6. The van der Waals surface area contributed by atoms with Gasteiger partial charge in [0, 0.05) is 5.69 Å². The van der Waals surface area contributed by atoms with E-state index >= 15 is 0 Å². The van der Waals surface area contributed by atoms with Gasteiger partial charge in [-0.3, -0.25) is 9.59 Å². The number of carbonyl (C=O) groups excluding carboxylic acids is 2. The predicted molar refractivity (Wildman–Crippen MR) is 109 cm³/mol. The minimum absolute atomic E-state index is 0.0503. The molecule has 0 bridgehead atoms. The van der Waals surface area contributed by atoms with E-state index in [1.165, 1.54) is 4.68 Å². The van der Waals surface area contributed by atoms with Crippen molar-refractivity contribution in [3.63, 3.8) is 0 Å². The van der Waals surface area contributed by atoms with Gasteiger partial charge in [-0.05, 0) is 56.2 Å². The monoisotopic (exact) mass is 397 g/mol. The van der Waals surface area contributed by atoms with E-state index in [0.717, 1.165) is 11.1 Å². The summed E-state index contributed by atoms with van der Waals surface area (Å²) in [6.45, 7) is 5.49. The lowest BCUT2D eigenvalue weighted by Gasteiger charge is -2.08. The van der Waals surface area contributed by atoms with E-state index in [1.54, 1.807) is 19.1 Å². The van der Waals surface area contributed by atoms with Gasteiger partial charge in [-0.2, -0.15) is 0 Å². The van der Waals surface area contributed by atoms with E-state index in [1.807, 2.05) is 44.2 Å². The Bertz CT molecular complexity index is 1040. The number of hydrogen-bond donors (Lipinski definition) is 2. The van der Waals surface area contributed by atoms with Gasteiger partial charge in [-0.25, -0.2) is 4.68 Å². The summed E-state index contributed by atoms with van der Waals surface area (Å²) < 4.78 is 1.39. The molecule has 0 unspecified atom stereocenters. The molecule has 0 atom stereocenters. The summed E-state index contributed by atoms with van der Waals surface area (Å²) in [6, 6.07) is 12.8. The third-order valence-corrected chi connectivity index (χ3v) is 4.48. The number of rotatable bonds is 5. The van der Waals surface area contributed by atoms with Crippen molar-refractivity contribution in [3.05, 3.63) is 70.0 Å². The van der Waals surface area contributed by atoms with Crippen molar-refractivity contribution in [2.75, 3.05) is 10.6 Å². The standard InChI is InChI=1S/C20H20ClN5O2/c1-12-5-4-6-15(9-12)22-18(27)11-26-14(3)19(24-25-26)20(28)23-17-8-7-13(2)10-16(17)21/h4-10H,11H2,1-3H3,(H,22,27)(H,23,28). The molecule has 2 amide bonds. The highest BCUT2D eigenvalue weighted by atomic mass is 35.5. The van der Waals surface area contributed by atoms with Crippen LogP contribution in [0.4, 0.5) is 11.4 Å². The van der Waals surface area contributed by atoms with Crippen molar-refractivity contribution in [2.24, 2.45) is 0 Å². The number of carbonyl (C=O) groups is 2. The minimum atomic E-state index is -0.436. The van der Waals surface area contributed by atoms with E-state index in [9.17, 15) is 9.59 Å². The Morgan fingerprint density at radius 2 is 1.79 bits per heavy atom. The highest BCUT2D eigenvalue weighted by Gasteiger charge is 2.19. The minimum Gasteiger partial charge on any atom is -0.324 e. The summed E-state index contributed by atoms with van der Waals surface area (Å²) in [6.07, 6.45) is 0. The van der Waals surface area contributed by atoms with Crippen LogP contribution in [-0.2, 0) is 11.3 Å². The van der Waals surface area contributed by atoms with Gasteiger partial charge in [0.2, 0.25) is 5.91 Å². The van der Waals surface area contributed by atoms with Crippen LogP contribution in [0.1, 0.15) is 27.3 Å². The van der Waals surface area contributed by atoms with Gasteiger partial charge < -0.3 is 10.6 Å². The van der Waals surface area contributed by atoms with Gasteiger partial charge in [0.1, 0.15) is 6.54 Å². The third-order valence-electron chi connectivity index (χ3n) is 4.17. The highest BCUT2D eigenvalue weighted by Crippen LogP contribution is 2.23. The molecule has 0 radical (unpaired) electrons. The summed E-state index contributed by atoms with van der Waals surface area (Å²) >= 11 is 6.15. The number of benzene rings is 2. The van der Waals surface area contributed by atoms with Crippen molar-refractivity contribution in [1.29, 1.82) is 0 Å². The molecule has 2 aromatic carbocycles. The number of anilines is 2. The first-order chi connectivity index (χ1) is 13.3. The first-order valence-electron chi connectivity index (χ1n) is 8.67. The second-order valence-corrected chi connectivity index (χ2v) is 6.94. The summed E-state index contributed by atoms with van der Waals surface area (Å²) in [5.74, 6) is -0.694. The highest BCUT2D eigenvalue weighted by molar-refractivity contribution is 6.34. The predicted octanol–water partition coefficient (Wildman–Crippen LogP) is 3.75. The summed E-state index contributed by atoms with van der Waals surface area (Å²) in [4.78, 5) is 24.8. The Labute approximate surface area is 167 Å². The molecule has 0 saturated carbocycles. The molecule has 0 saturated heterocycles. The van der Waals surface area contributed by atoms with Crippen molar-refractivity contribution >= 4 is 34.8 Å². The molecule has 0 fully saturated rings. The maximum atomic E-state index is 12.5. The molecule has 1 aromatic heterocycles. The molecule has 8 heteroatoms. The van der Waals surface area contributed by atoms with Crippen LogP contribution >= 0.6 is 11.6 Å². The Morgan fingerprint density at radius 3 is 2.50 bits per heavy atom. The van der Waals surface area contributed by atoms with Gasteiger partial charge in [0.05, 0.1) is 16.4 Å². The second kappa shape index (κ2) is 8.22. The largest absolute Gasteiger partial charge is 0.324 e. The van der Waals surface area contributed by atoms with Crippen molar-refractivity contribution < 1.29 is 9.59 Å². The lowest BCUT2D eigenvalue weighted by atomic mass is 10.2. The molecule has 0 aliphatic carbocycles. The number of aromatic nitrogens is 3. The van der Waals surface area contributed by atoms with Gasteiger partial charge in [0.15, 0.2) is 5.69 Å². The maximum Gasteiger partial charge on any atom is 0.278 e. The summed E-state index contributed by atoms with van der Waals surface area (Å²) in [5.41, 5.74) is 3.85. The summed E-state index contributed by atoms with van der Waals surface area (Å²) in [5, 5.41) is 13.8. The van der Waals surface area contributed by atoms with Gasteiger partial charge in [-0.15, -0.1) is 5.10 Å². The van der Waals surface area contributed by atoms with Crippen LogP contribution in [0.3, 0.4) is 0 Å². The zero-order chi connectivity index (χ0) is 20.3. The second-order valence-electron chi connectivity index (χ2n) is 6.54. The number of hydrogen-bond acceptors (Lipinski definition) is 4. The first-order valence-corrected chi connectivity index (χ1v) is 9.05. The Kier molecular flexibility index (Phi) is 5.75. The molecule has 3 rings (SSSR count). The molecule has 3 aromatic rings. The number of aryl methyl sites for hydroxylation is 2. The van der Waals surface area contributed by atoms with E-state index in [0.29, 0.717) is 22.1 Å². The van der Waals surface area contributed by atoms with E-state index in [4.69, 9.17) is 11.6 Å². The smallest absolute Gasteiger partial charge is 0.278 e. The number of halogens is 1. The zero-order valence-electron chi connectivity index (χ0n) is 15.8. The van der Waals surface area contributed by atoms with Crippen LogP contribution in [0.15, 0.2) is 42.5 Å². The van der Waals surface area contributed by atoms with Crippen LogP contribution in [0.5, 0.6) is 0 Å². The number of nitrogens with zero attached hydrogens (tertiary/aromatic N) is 3.